The number of halogens is 1. The van der Waals surface area contributed by atoms with Gasteiger partial charge in [-0.1, -0.05) is 26.2 Å². The first-order valence-electron chi connectivity index (χ1n) is 6.65. The summed E-state index contributed by atoms with van der Waals surface area (Å²) in [6, 6.07) is 0.162. The van der Waals surface area contributed by atoms with E-state index in [0.29, 0.717) is 18.2 Å². The number of rotatable bonds is 7. The predicted octanol–water partition coefficient (Wildman–Crippen LogP) is 2.89. The number of nitrogens with one attached hydrogen (secondary N) is 1. The maximum Gasteiger partial charge on any atom is 0.211 e. The lowest BCUT2D eigenvalue weighted by molar-refractivity contribution is 0.282. The Morgan fingerprint density at radius 3 is 2.59 bits per heavy atom. The number of alkyl halides is 1. The average Bonchev–Trinajstić information content (AvgIpc) is 2.29. The van der Waals surface area contributed by atoms with Crippen LogP contribution < -0.4 is 4.72 Å². The van der Waals surface area contributed by atoms with Gasteiger partial charge in [-0.05, 0) is 31.6 Å². The normalized spacial score (nSPS) is 26.0. The summed E-state index contributed by atoms with van der Waals surface area (Å²) in [7, 11) is -3.11. The van der Waals surface area contributed by atoms with Crippen molar-refractivity contribution in [1.82, 2.24) is 4.72 Å². The van der Waals surface area contributed by atoms with E-state index in [4.69, 9.17) is 11.6 Å². The second-order valence-corrected chi connectivity index (χ2v) is 7.14. The van der Waals surface area contributed by atoms with E-state index in [9.17, 15) is 8.42 Å². The summed E-state index contributed by atoms with van der Waals surface area (Å²) in [5, 5.41) is 0. The number of hydrogen-bond donors (Lipinski definition) is 1. The van der Waals surface area contributed by atoms with Crippen molar-refractivity contribution >= 4 is 21.6 Å². The lowest BCUT2D eigenvalue weighted by Gasteiger charge is -2.31. The highest BCUT2D eigenvalue weighted by molar-refractivity contribution is 7.89. The van der Waals surface area contributed by atoms with Crippen LogP contribution in [0.3, 0.4) is 0 Å². The molecule has 3 nitrogen and oxygen atoms in total. The topological polar surface area (TPSA) is 46.2 Å². The zero-order chi connectivity index (χ0) is 12.7. The molecule has 1 rings (SSSR count). The minimum Gasteiger partial charge on any atom is -0.212 e. The third kappa shape index (κ3) is 5.58. The summed E-state index contributed by atoms with van der Waals surface area (Å²) in [6.07, 6.45) is 7.02. The second-order valence-electron chi connectivity index (χ2n) is 4.89. The lowest BCUT2D eigenvalue weighted by Crippen LogP contribution is -2.42. The van der Waals surface area contributed by atoms with Crippen LogP contribution in [0.2, 0.25) is 0 Å². The number of unbranched alkanes of at least 4 members (excludes halogenated alkanes) is 1. The third-order valence-electron chi connectivity index (χ3n) is 3.56. The summed E-state index contributed by atoms with van der Waals surface area (Å²) in [5.74, 6) is 1.27. The highest BCUT2D eigenvalue weighted by Crippen LogP contribution is 2.27. The van der Waals surface area contributed by atoms with Crippen LogP contribution in [-0.2, 0) is 10.0 Å². The van der Waals surface area contributed by atoms with E-state index in [2.05, 4.69) is 11.6 Å². The molecule has 1 fully saturated rings. The largest absolute Gasteiger partial charge is 0.212 e. The standard InChI is InChI=1S/C12H24ClNO2S/c1-2-11-7-3-4-8-12(11)14-17(15,16)10-6-5-9-13/h11-12,14H,2-10H2,1H3. The van der Waals surface area contributed by atoms with Crippen LogP contribution >= 0.6 is 11.6 Å². The van der Waals surface area contributed by atoms with E-state index in [1.54, 1.807) is 0 Å². The molecule has 0 radical (unpaired) electrons. The Labute approximate surface area is 110 Å². The third-order valence-corrected chi connectivity index (χ3v) is 5.32. The van der Waals surface area contributed by atoms with Gasteiger partial charge in [-0.15, -0.1) is 11.6 Å². The van der Waals surface area contributed by atoms with E-state index < -0.39 is 10.0 Å². The molecule has 0 saturated heterocycles. The fraction of sp³-hybridized carbons (Fsp3) is 1.00. The quantitative estimate of drug-likeness (QED) is 0.576. The smallest absolute Gasteiger partial charge is 0.211 e. The van der Waals surface area contributed by atoms with Crippen LogP contribution in [0.15, 0.2) is 0 Å². The van der Waals surface area contributed by atoms with Crippen molar-refractivity contribution < 1.29 is 8.42 Å². The summed E-state index contributed by atoms with van der Waals surface area (Å²) in [6.45, 7) is 2.14. The molecule has 5 heteroatoms. The molecule has 0 bridgehead atoms. The Kier molecular flexibility index (Phi) is 6.82. The molecule has 0 amide bonds. The van der Waals surface area contributed by atoms with Gasteiger partial charge in [-0.3, -0.25) is 0 Å². The minimum absolute atomic E-state index is 0.162. The number of hydrogen-bond acceptors (Lipinski definition) is 2. The van der Waals surface area contributed by atoms with Gasteiger partial charge in [0.05, 0.1) is 5.75 Å². The Balaban J connectivity index is 2.44. The van der Waals surface area contributed by atoms with E-state index >= 15 is 0 Å². The lowest BCUT2D eigenvalue weighted by atomic mass is 9.83. The molecule has 1 saturated carbocycles. The summed E-state index contributed by atoms with van der Waals surface area (Å²) in [4.78, 5) is 0. The maximum atomic E-state index is 11.9. The van der Waals surface area contributed by atoms with Gasteiger partial charge in [0.2, 0.25) is 10.0 Å². The molecule has 1 aliphatic rings. The van der Waals surface area contributed by atoms with Crippen molar-refractivity contribution in [2.24, 2.45) is 5.92 Å². The molecule has 2 unspecified atom stereocenters. The van der Waals surface area contributed by atoms with Crippen molar-refractivity contribution in [2.45, 2.75) is 57.9 Å². The van der Waals surface area contributed by atoms with Gasteiger partial charge in [0.1, 0.15) is 0 Å². The Hall–Kier alpha value is 0.200. The van der Waals surface area contributed by atoms with Gasteiger partial charge in [0, 0.05) is 11.9 Å². The predicted molar refractivity (Wildman–Crippen MR) is 72.9 cm³/mol. The molecular weight excluding hydrogens is 258 g/mol. The zero-order valence-electron chi connectivity index (χ0n) is 10.6. The molecule has 17 heavy (non-hydrogen) atoms. The molecule has 102 valence electrons. The molecular formula is C12H24ClNO2S. The van der Waals surface area contributed by atoms with E-state index in [1.807, 2.05) is 0 Å². The molecule has 0 spiro atoms. The van der Waals surface area contributed by atoms with Crippen LogP contribution in [0.1, 0.15) is 51.9 Å². The Morgan fingerprint density at radius 1 is 1.24 bits per heavy atom. The van der Waals surface area contributed by atoms with Crippen LogP contribution in [0.25, 0.3) is 0 Å². The van der Waals surface area contributed by atoms with Crippen molar-refractivity contribution in [1.29, 1.82) is 0 Å². The van der Waals surface area contributed by atoms with Gasteiger partial charge in [0.25, 0.3) is 0 Å². The molecule has 0 aromatic heterocycles. The van der Waals surface area contributed by atoms with Gasteiger partial charge < -0.3 is 0 Å². The van der Waals surface area contributed by atoms with Crippen molar-refractivity contribution in [3.05, 3.63) is 0 Å². The first-order chi connectivity index (χ1) is 8.09. The summed E-state index contributed by atoms with van der Waals surface area (Å²) >= 11 is 5.55. The highest BCUT2D eigenvalue weighted by Gasteiger charge is 2.27. The maximum absolute atomic E-state index is 11.9. The molecule has 0 heterocycles. The molecule has 0 aliphatic heterocycles. The van der Waals surface area contributed by atoms with Crippen molar-refractivity contribution in [2.75, 3.05) is 11.6 Å². The van der Waals surface area contributed by atoms with Crippen LogP contribution in [-0.4, -0.2) is 26.1 Å². The van der Waals surface area contributed by atoms with Crippen LogP contribution in [0.4, 0.5) is 0 Å². The van der Waals surface area contributed by atoms with Crippen LogP contribution in [0, 0.1) is 5.92 Å². The SMILES string of the molecule is CCC1CCCCC1NS(=O)(=O)CCCCCl. The fourth-order valence-corrected chi connectivity index (χ4v) is 4.19. The van der Waals surface area contributed by atoms with E-state index in [1.165, 1.54) is 6.42 Å². The fourth-order valence-electron chi connectivity index (χ4n) is 2.53. The van der Waals surface area contributed by atoms with Gasteiger partial charge in [0.15, 0.2) is 0 Å². The van der Waals surface area contributed by atoms with Gasteiger partial charge in [-0.2, -0.15) is 0 Å². The summed E-state index contributed by atoms with van der Waals surface area (Å²) < 4.78 is 26.6. The minimum atomic E-state index is -3.11. The Morgan fingerprint density at radius 2 is 1.94 bits per heavy atom. The molecule has 0 aromatic carbocycles. The highest BCUT2D eigenvalue weighted by atomic mass is 35.5. The molecule has 1 aliphatic carbocycles. The average molecular weight is 282 g/mol. The Bertz CT molecular complexity index is 306. The van der Waals surface area contributed by atoms with Gasteiger partial charge >= 0.3 is 0 Å². The van der Waals surface area contributed by atoms with E-state index in [0.717, 1.165) is 32.1 Å². The van der Waals surface area contributed by atoms with Crippen molar-refractivity contribution in [3.8, 4) is 0 Å². The molecule has 2 atom stereocenters. The summed E-state index contributed by atoms with van der Waals surface area (Å²) in [5.41, 5.74) is 0. The molecule has 1 N–H and O–H groups in total. The van der Waals surface area contributed by atoms with Crippen LogP contribution in [0.5, 0.6) is 0 Å². The monoisotopic (exact) mass is 281 g/mol. The zero-order valence-corrected chi connectivity index (χ0v) is 12.2. The first kappa shape index (κ1) is 15.3. The van der Waals surface area contributed by atoms with E-state index in [-0.39, 0.29) is 11.8 Å². The molecule has 0 aromatic rings. The first-order valence-corrected chi connectivity index (χ1v) is 8.83. The number of sulfonamides is 1. The van der Waals surface area contributed by atoms with Crippen molar-refractivity contribution in [3.63, 3.8) is 0 Å². The second kappa shape index (κ2) is 7.59. The van der Waals surface area contributed by atoms with Gasteiger partial charge in [-0.25, -0.2) is 13.1 Å².